The molecule has 3 N–H and O–H groups in total. The zero-order chi connectivity index (χ0) is 11.4. The van der Waals surface area contributed by atoms with Gasteiger partial charge in [0, 0.05) is 6.04 Å². The van der Waals surface area contributed by atoms with Crippen molar-refractivity contribution in [2.75, 3.05) is 5.73 Å². The van der Waals surface area contributed by atoms with Crippen molar-refractivity contribution in [3.05, 3.63) is 6.33 Å². The van der Waals surface area contributed by atoms with Crippen LogP contribution in [0.15, 0.2) is 6.33 Å². The highest BCUT2D eigenvalue weighted by Gasteiger charge is 2.15. The third-order valence-corrected chi connectivity index (χ3v) is 2.83. The number of nitrogens with zero attached hydrogens (tertiary/aromatic N) is 3. The second kappa shape index (κ2) is 4.96. The molecule has 0 unspecified atom stereocenters. The maximum Gasteiger partial charge on any atom is 0.242 e. The van der Waals surface area contributed by atoms with E-state index in [1.165, 1.54) is 30.3 Å². The van der Waals surface area contributed by atoms with Gasteiger partial charge in [-0.15, -0.1) is 5.10 Å². The van der Waals surface area contributed by atoms with Crippen LogP contribution in [-0.2, 0) is 11.3 Å². The minimum atomic E-state index is -0.0169. The number of nitrogen functional groups attached to an aromatic ring is 1. The van der Waals surface area contributed by atoms with Gasteiger partial charge in [-0.2, -0.15) is 0 Å². The molecule has 6 heteroatoms. The highest BCUT2D eigenvalue weighted by atomic mass is 16.2. The molecule has 1 heterocycles. The fourth-order valence-electron chi connectivity index (χ4n) is 2.05. The standard InChI is InChI=1S/C10H17N5O/c11-10-12-7-15(14-10)6-9(16)13-8-4-2-1-3-5-8/h7-8H,1-6H2,(H2,11,14)(H,13,16). The summed E-state index contributed by atoms with van der Waals surface area (Å²) in [7, 11) is 0. The Balaban J connectivity index is 1.79. The number of hydrogen-bond acceptors (Lipinski definition) is 4. The highest BCUT2D eigenvalue weighted by molar-refractivity contribution is 5.75. The molecule has 1 fully saturated rings. The molecule has 1 aromatic heterocycles. The van der Waals surface area contributed by atoms with Crippen molar-refractivity contribution in [2.45, 2.75) is 44.7 Å². The largest absolute Gasteiger partial charge is 0.367 e. The van der Waals surface area contributed by atoms with Crippen LogP contribution in [-0.4, -0.2) is 26.7 Å². The van der Waals surface area contributed by atoms with Gasteiger partial charge in [0.15, 0.2) is 0 Å². The molecule has 0 aromatic carbocycles. The Morgan fingerprint density at radius 2 is 2.25 bits per heavy atom. The molecule has 0 aliphatic heterocycles. The van der Waals surface area contributed by atoms with Crippen LogP contribution in [0.1, 0.15) is 32.1 Å². The first-order valence-corrected chi connectivity index (χ1v) is 5.68. The molecular weight excluding hydrogens is 206 g/mol. The molecule has 1 aliphatic rings. The molecule has 2 rings (SSSR count). The number of anilines is 1. The molecule has 1 aromatic rings. The van der Waals surface area contributed by atoms with E-state index in [0.717, 1.165) is 12.8 Å². The Morgan fingerprint density at radius 1 is 1.50 bits per heavy atom. The van der Waals surface area contributed by atoms with E-state index < -0.39 is 0 Å². The fraction of sp³-hybridized carbons (Fsp3) is 0.700. The van der Waals surface area contributed by atoms with Crippen molar-refractivity contribution in [2.24, 2.45) is 0 Å². The summed E-state index contributed by atoms with van der Waals surface area (Å²) in [6.45, 7) is 0.195. The first-order valence-electron chi connectivity index (χ1n) is 5.68. The Morgan fingerprint density at radius 3 is 2.88 bits per heavy atom. The number of nitrogens with one attached hydrogen (secondary N) is 1. The van der Waals surface area contributed by atoms with E-state index >= 15 is 0 Å². The average Bonchev–Trinajstić information content (AvgIpc) is 2.65. The van der Waals surface area contributed by atoms with Gasteiger partial charge in [0.05, 0.1) is 0 Å². The maximum atomic E-state index is 11.6. The molecule has 0 spiro atoms. The van der Waals surface area contributed by atoms with Gasteiger partial charge in [0.25, 0.3) is 0 Å². The average molecular weight is 223 g/mol. The van der Waals surface area contributed by atoms with Crippen molar-refractivity contribution in [3.8, 4) is 0 Å². The lowest BCUT2D eigenvalue weighted by molar-refractivity contribution is -0.122. The van der Waals surface area contributed by atoms with E-state index in [-0.39, 0.29) is 18.4 Å². The van der Waals surface area contributed by atoms with Gasteiger partial charge in [-0.05, 0) is 12.8 Å². The van der Waals surface area contributed by atoms with Crippen molar-refractivity contribution in [3.63, 3.8) is 0 Å². The van der Waals surface area contributed by atoms with Crippen molar-refractivity contribution in [1.29, 1.82) is 0 Å². The van der Waals surface area contributed by atoms with Crippen LogP contribution in [0.25, 0.3) is 0 Å². The number of amides is 1. The molecule has 88 valence electrons. The summed E-state index contributed by atoms with van der Waals surface area (Å²) < 4.78 is 1.45. The quantitative estimate of drug-likeness (QED) is 0.772. The molecule has 0 saturated heterocycles. The molecule has 0 atom stereocenters. The lowest BCUT2D eigenvalue weighted by Gasteiger charge is -2.22. The number of hydrogen-bond donors (Lipinski definition) is 2. The topological polar surface area (TPSA) is 85.8 Å². The van der Waals surface area contributed by atoms with Crippen LogP contribution in [0.4, 0.5) is 5.95 Å². The molecule has 0 radical (unpaired) electrons. The summed E-state index contributed by atoms with van der Waals surface area (Å²) >= 11 is 0. The van der Waals surface area contributed by atoms with Gasteiger partial charge >= 0.3 is 0 Å². The number of nitrogens with two attached hydrogens (primary N) is 1. The van der Waals surface area contributed by atoms with Crippen molar-refractivity contribution < 1.29 is 4.79 Å². The summed E-state index contributed by atoms with van der Waals surface area (Å²) in [5.74, 6) is 0.183. The maximum absolute atomic E-state index is 11.6. The fourth-order valence-corrected chi connectivity index (χ4v) is 2.05. The Hall–Kier alpha value is -1.59. The number of rotatable bonds is 3. The number of carbonyl (C=O) groups is 1. The minimum Gasteiger partial charge on any atom is -0.367 e. The molecule has 0 bridgehead atoms. The summed E-state index contributed by atoms with van der Waals surface area (Å²) in [5, 5.41) is 6.87. The first-order chi connectivity index (χ1) is 7.74. The first kappa shape index (κ1) is 10.9. The summed E-state index contributed by atoms with van der Waals surface area (Å²) in [5.41, 5.74) is 5.36. The van der Waals surface area contributed by atoms with E-state index in [0.29, 0.717) is 6.04 Å². The van der Waals surface area contributed by atoms with E-state index in [1.807, 2.05) is 0 Å². The molecule has 16 heavy (non-hydrogen) atoms. The van der Waals surface area contributed by atoms with E-state index in [9.17, 15) is 4.79 Å². The van der Waals surface area contributed by atoms with Gasteiger partial charge in [0.2, 0.25) is 11.9 Å². The van der Waals surface area contributed by atoms with Crippen LogP contribution in [0.2, 0.25) is 0 Å². The van der Waals surface area contributed by atoms with Gasteiger partial charge in [-0.25, -0.2) is 9.67 Å². The Kier molecular flexibility index (Phi) is 3.38. The summed E-state index contributed by atoms with van der Waals surface area (Å²) in [6.07, 6.45) is 7.35. The van der Waals surface area contributed by atoms with E-state index in [2.05, 4.69) is 15.4 Å². The predicted molar refractivity (Wildman–Crippen MR) is 59.5 cm³/mol. The summed E-state index contributed by atoms with van der Waals surface area (Å²) in [6, 6.07) is 0.335. The molecule has 1 aliphatic carbocycles. The van der Waals surface area contributed by atoms with Gasteiger partial charge < -0.3 is 11.1 Å². The highest BCUT2D eigenvalue weighted by Crippen LogP contribution is 2.17. The smallest absolute Gasteiger partial charge is 0.242 e. The van der Waals surface area contributed by atoms with Crippen molar-refractivity contribution >= 4 is 11.9 Å². The minimum absolute atomic E-state index is 0.0169. The molecular formula is C10H17N5O. The number of carbonyl (C=O) groups excluding carboxylic acids is 1. The molecule has 6 nitrogen and oxygen atoms in total. The lowest BCUT2D eigenvalue weighted by Crippen LogP contribution is -2.38. The van der Waals surface area contributed by atoms with Crippen LogP contribution >= 0.6 is 0 Å². The van der Waals surface area contributed by atoms with Gasteiger partial charge in [-0.1, -0.05) is 19.3 Å². The predicted octanol–water partition coefficient (Wildman–Crippen LogP) is 0.309. The summed E-state index contributed by atoms with van der Waals surface area (Å²) in [4.78, 5) is 15.4. The second-order valence-corrected chi connectivity index (χ2v) is 4.20. The zero-order valence-corrected chi connectivity index (χ0v) is 9.22. The van der Waals surface area contributed by atoms with Crippen LogP contribution in [0.5, 0.6) is 0 Å². The van der Waals surface area contributed by atoms with Gasteiger partial charge in [0.1, 0.15) is 12.9 Å². The van der Waals surface area contributed by atoms with Crippen LogP contribution < -0.4 is 11.1 Å². The SMILES string of the molecule is Nc1ncn(CC(=O)NC2CCCCC2)n1. The Labute approximate surface area is 94.2 Å². The zero-order valence-electron chi connectivity index (χ0n) is 9.22. The second-order valence-electron chi connectivity index (χ2n) is 4.20. The molecule has 1 saturated carbocycles. The lowest BCUT2D eigenvalue weighted by atomic mass is 9.95. The van der Waals surface area contributed by atoms with E-state index in [1.54, 1.807) is 0 Å². The third kappa shape index (κ3) is 2.95. The van der Waals surface area contributed by atoms with Crippen LogP contribution in [0.3, 0.4) is 0 Å². The van der Waals surface area contributed by atoms with Gasteiger partial charge in [-0.3, -0.25) is 4.79 Å². The van der Waals surface area contributed by atoms with E-state index in [4.69, 9.17) is 5.73 Å². The molecule has 1 amide bonds. The Bertz CT molecular complexity index is 356. The monoisotopic (exact) mass is 223 g/mol. The number of aromatic nitrogens is 3. The van der Waals surface area contributed by atoms with Crippen molar-refractivity contribution in [1.82, 2.24) is 20.1 Å². The van der Waals surface area contributed by atoms with Crippen LogP contribution in [0, 0.1) is 0 Å². The third-order valence-electron chi connectivity index (χ3n) is 2.83. The normalized spacial score (nSPS) is 17.2.